The van der Waals surface area contributed by atoms with Crippen molar-refractivity contribution in [1.82, 2.24) is 0 Å². The molecule has 294 valence electrons. The minimum absolute atomic E-state index is 0.551. The van der Waals surface area contributed by atoms with Gasteiger partial charge < -0.3 is 4.90 Å². The molecule has 63 heavy (non-hydrogen) atoms. The number of hydrogen-bond acceptors (Lipinski definition) is 1. The second-order valence-corrected chi connectivity index (χ2v) is 17.1. The third-order valence-electron chi connectivity index (χ3n) is 13.9. The van der Waals surface area contributed by atoms with Gasteiger partial charge in [0.25, 0.3) is 0 Å². The van der Waals surface area contributed by atoms with Gasteiger partial charge in [0, 0.05) is 16.9 Å². The molecule has 0 N–H and O–H groups in total. The summed E-state index contributed by atoms with van der Waals surface area (Å²) >= 11 is 0. The lowest BCUT2D eigenvalue weighted by atomic mass is 9.66. The van der Waals surface area contributed by atoms with Gasteiger partial charge in [-0.2, -0.15) is 0 Å². The third kappa shape index (κ3) is 5.24. The van der Waals surface area contributed by atoms with E-state index in [1.807, 2.05) is 0 Å². The highest BCUT2D eigenvalue weighted by Gasteiger charge is 2.50. The Balaban J connectivity index is 1.06. The van der Waals surface area contributed by atoms with E-state index in [-0.39, 0.29) is 0 Å². The zero-order chi connectivity index (χ0) is 41.5. The van der Waals surface area contributed by atoms with Crippen LogP contribution in [0.25, 0.3) is 66.8 Å². The van der Waals surface area contributed by atoms with Crippen LogP contribution in [-0.2, 0) is 11.8 Å². The van der Waals surface area contributed by atoms with Gasteiger partial charge in [0.05, 0.1) is 11.1 Å². The summed E-state index contributed by atoms with van der Waals surface area (Å²) in [5.41, 5.74) is 26.1. The topological polar surface area (TPSA) is 3.24 Å². The van der Waals surface area contributed by atoms with Gasteiger partial charge in [0.2, 0.25) is 0 Å². The summed E-state index contributed by atoms with van der Waals surface area (Å²) in [4.78, 5) is 2.48. The Hall–Kier alpha value is -8.00. The fourth-order valence-electron chi connectivity index (χ4n) is 11.3. The van der Waals surface area contributed by atoms with Crippen molar-refractivity contribution < 1.29 is 0 Å². The van der Waals surface area contributed by atoms with E-state index in [0.717, 1.165) is 23.5 Å². The molecule has 13 rings (SSSR count). The maximum Gasteiger partial charge on any atom is 0.0725 e. The molecule has 1 heteroatoms. The fraction of sp³-hybridized carbons (Fsp3) is 0.0323. The largest absolute Gasteiger partial charge is 0.310 e. The number of anilines is 3. The van der Waals surface area contributed by atoms with Crippen molar-refractivity contribution in [2.45, 2.75) is 11.8 Å². The van der Waals surface area contributed by atoms with Crippen LogP contribution in [0.15, 0.2) is 237 Å². The molecule has 0 fully saturated rings. The lowest BCUT2D eigenvalue weighted by Gasteiger charge is -2.35. The van der Waals surface area contributed by atoms with Crippen LogP contribution < -0.4 is 4.90 Å². The van der Waals surface area contributed by atoms with Crippen molar-refractivity contribution >= 4 is 17.1 Å². The first kappa shape index (κ1) is 35.7. The molecule has 0 bridgehead atoms. The van der Waals surface area contributed by atoms with Gasteiger partial charge in [-0.25, -0.2) is 0 Å². The number of fused-ring (bicyclic) bond motifs is 15. The predicted octanol–water partition coefficient (Wildman–Crippen LogP) is 16.1. The molecule has 0 heterocycles. The molecule has 0 aromatic heterocycles. The summed E-state index contributed by atoms with van der Waals surface area (Å²) in [6, 6.07) is 88.3. The molecule has 1 nitrogen and oxygen atoms in total. The number of benzene rings is 10. The Kier molecular flexibility index (Phi) is 7.95. The summed E-state index contributed by atoms with van der Waals surface area (Å²) < 4.78 is 0. The highest BCUT2D eigenvalue weighted by atomic mass is 15.1. The molecule has 1 spiro atoms. The zero-order valence-electron chi connectivity index (χ0n) is 34.7. The molecule has 0 aliphatic heterocycles. The molecule has 3 aliphatic carbocycles. The summed E-state index contributed by atoms with van der Waals surface area (Å²) in [5.74, 6) is 0. The molecule has 0 radical (unpaired) electrons. The minimum atomic E-state index is -0.551. The van der Waals surface area contributed by atoms with Crippen LogP contribution in [0.1, 0.15) is 33.4 Å². The van der Waals surface area contributed by atoms with Crippen LogP contribution in [0.4, 0.5) is 17.1 Å². The molecule has 0 saturated carbocycles. The number of nitrogens with zero attached hydrogens (tertiary/aromatic N) is 1. The van der Waals surface area contributed by atoms with Gasteiger partial charge in [-0.3, -0.25) is 0 Å². The van der Waals surface area contributed by atoms with Crippen molar-refractivity contribution in [1.29, 1.82) is 0 Å². The Morgan fingerprint density at radius 2 is 0.762 bits per heavy atom. The molecule has 0 unspecified atom stereocenters. The van der Waals surface area contributed by atoms with E-state index in [1.54, 1.807) is 0 Å². The summed E-state index contributed by atoms with van der Waals surface area (Å²) in [6.45, 7) is 0. The molecule has 3 aliphatic rings. The van der Waals surface area contributed by atoms with Crippen LogP contribution in [0, 0.1) is 0 Å². The highest BCUT2D eigenvalue weighted by molar-refractivity contribution is 6.03. The van der Waals surface area contributed by atoms with Crippen molar-refractivity contribution in [2.75, 3.05) is 4.90 Å². The molecule has 10 aromatic carbocycles. The van der Waals surface area contributed by atoms with Crippen LogP contribution in [0.3, 0.4) is 0 Å². The molecule has 10 aromatic rings. The monoisotopic (exact) mass is 799 g/mol. The second kappa shape index (κ2) is 14.0. The lowest BCUT2D eigenvalue weighted by Crippen LogP contribution is -2.29. The van der Waals surface area contributed by atoms with Crippen molar-refractivity contribution in [2.24, 2.45) is 0 Å². The van der Waals surface area contributed by atoms with Gasteiger partial charge in [0.15, 0.2) is 0 Å². The highest BCUT2D eigenvalue weighted by Crippen LogP contribution is 2.63. The minimum Gasteiger partial charge on any atom is -0.310 e. The number of hydrogen-bond donors (Lipinski definition) is 0. The van der Waals surface area contributed by atoms with Gasteiger partial charge in [-0.15, -0.1) is 0 Å². The Bertz CT molecular complexity index is 3360. The number of rotatable bonds is 5. The van der Waals surface area contributed by atoms with Gasteiger partial charge in [0.1, 0.15) is 0 Å². The van der Waals surface area contributed by atoms with Gasteiger partial charge in [-0.05, 0) is 131 Å². The van der Waals surface area contributed by atoms with E-state index >= 15 is 0 Å². The average Bonchev–Trinajstić information content (AvgIpc) is 3.85. The smallest absolute Gasteiger partial charge is 0.0725 e. The summed E-state index contributed by atoms with van der Waals surface area (Å²) in [6.07, 6.45) is 0.930. The second-order valence-electron chi connectivity index (χ2n) is 17.1. The van der Waals surface area contributed by atoms with Crippen LogP contribution in [-0.4, -0.2) is 0 Å². The van der Waals surface area contributed by atoms with E-state index in [2.05, 4.69) is 241 Å². The fourth-order valence-corrected chi connectivity index (χ4v) is 11.3. The first-order valence-electron chi connectivity index (χ1n) is 22.1. The SMILES string of the molecule is c1ccc(-c2ccc(N(c3ccc4c(c3)Cc3ccccc3-4)c3ccccc3-c3cccc4c3-c3ccccc3C43c4ccccc4-c4ccccc4-c4ccccc43)cc2)cc1. The molecule has 0 saturated heterocycles. The van der Waals surface area contributed by atoms with Crippen LogP contribution >= 0.6 is 0 Å². The Morgan fingerprint density at radius 3 is 1.46 bits per heavy atom. The van der Waals surface area contributed by atoms with E-state index in [9.17, 15) is 0 Å². The Labute approximate surface area is 368 Å². The van der Waals surface area contributed by atoms with E-state index < -0.39 is 5.41 Å². The third-order valence-corrected chi connectivity index (χ3v) is 13.9. The summed E-state index contributed by atoms with van der Waals surface area (Å²) in [7, 11) is 0. The zero-order valence-corrected chi connectivity index (χ0v) is 34.7. The predicted molar refractivity (Wildman–Crippen MR) is 262 cm³/mol. The number of para-hydroxylation sites is 1. The molecular formula is C62H41N. The van der Waals surface area contributed by atoms with E-state index in [4.69, 9.17) is 0 Å². The van der Waals surface area contributed by atoms with Gasteiger partial charge in [-0.1, -0.05) is 206 Å². The van der Waals surface area contributed by atoms with Crippen LogP contribution in [0.5, 0.6) is 0 Å². The first-order chi connectivity index (χ1) is 31.3. The van der Waals surface area contributed by atoms with Crippen molar-refractivity contribution in [3.63, 3.8) is 0 Å². The standard InChI is InChI=1S/C62H41N/c1-2-17-41(18-3-1)42-33-35-45(36-34-42)63(46-37-38-48-44(40-46)39-43-19-4-5-20-47(43)48)60-32-15-11-25-53(60)54-27-16-31-59-61(54)55-26-10-14-30-58(55)62(59)56-28-12-8-23-51(56)49-21-6-7-22-50(49)52-24-9-13-29-57(52)62/h1-38,40H,39H2. The first-order valence-corrected chi connectivity index (χ1v) is 22.1. The van der Waals surface area contributed by atoms with Crippen molar-refractivity contribution in [3.8, 4) is 66.8 Å². The lowest BCUT2D eigenvalue weighted by molar-refractivity contribution is 0.775. The van der Waals surface area contributed by atoms with Gasteiger partial charge >= 0.3 is 0 Å². The van der Waals surface area contributed by atoms with Crippen molar-refractivity contribution in [3.05, 3.63) is 270 Å². The van der Waals surface area contributed by atoms with E-state index in [0.29, 0.717) is 0 Å². The quantitative estimate of drug-likeness (QED) is 0.168. The van der Waals surface area contributed by atoms with E-state index in [1.165, 1.54) is 100 Å². The average molecular weight is 800 g/mol. The molecular weight excluding hydrogens is 759 g/mol. The van der Waals surface area contributed by atoms with Crippen LogP contribution in [0.2, 0.25) is 0 Å². The molecule has 0 amide bonds. The Morgan fingerprint density at radius 1 is 0.286 bits per heavy atom. The molecule has 0 atom stereocenters. The summed E-state index contributed by atoms with van der Waals surface area (Å²) in [5, 5.41) is 0. The maximum atomic E-state index is 2.48. The maximum absolute atomic E-state index is 2.48. The normalized spacial score (nSPS) is 13.1.